The van der Waals surface area contributed by atoms with Gasteiger partial charge in [-0.15, -0.1) is 0 Å². The molecule has 0 radical (unpaired) electrons. The summed E-state index contributed by atoms with van der Waals surface area (Å²) in [5, 5.41) is 9.70. The van der Waals surface area contributed by atoms with Gasteiger partial charge in [0, 0.05) is 33.9 Å². The number of benzene rings is 3. The first kappa shape index (κ1) is 23.8. The molecule has 5 rings (SSSR count). The van der Waals surface area contributed by atoms with Crippen molar-refractivity contribution in [1.82, 2.24) is 19.7 Å². The van der Waals surface area contributed by atoms with Gasteiger partial charge in [-0.1, -0.05) is 72.3 Å². The van der Waals surface area contributed by atoms with E-state index in [4.69, 9.17) is 11.6 Å². The molecule has 0 spiro atoms. The molecule has 0 unspecified atom stereocenters. The number of hydrogen-bond acceptors (Lipinski definition) is 3. The average Bonchev–Trinajstić information content (AvgIpc) is 3.19. The number of fused-ring (bicyclic) bond motifs is 3. The fourth-order valence-corrected chi connectivity index (χ4v) is 4.86. The number of nitrogens with zero attached hydrogens (tertiary/aromatic N) is 3. The highest BCUT2D eigenvalue weighted by atomic mass is 35.5. The molecule has 1 amide bonds. The van der Waals surface area contributed by atoms with Gasteiger partial charge in [-0.2, -0.15) is 5.10 Å². The molecular weight excluding hydrogens is 472 g/mol. The Morgan fingerprint density at radius 2 is 1.72 bits per heavy atom. The Bertz CT molecular complexity index is 1590. The number of rotatable bonds is 8. The SMILES string of the molecule is C[C@H](CCc1ccccc1)NC(=O)Cn1ncc2c3ccccc3n(Cc3cccc(Cl)c3)c2c1=O. The first-order valence-electron chi connectivity index (χ1n) is 12.0. The van der Waals surface area contributed by atoms with E-state index in [1.807, 2.05) is 78.2 Å². The number of aryl methyl sites for hydroxylation is 1. The van der Waals surface area contributed by atoms with Gasteiger partial charge in [0.05, 0.1) is 6.20 Å². The summed E-state index contributed by atoms with van der Waals surface area (Å²) in [4.78, 5) is 26.4. The van der Waals surface area contributed by atoms with Gasteiger partial charge in [-0.3, -0.25) is 9.59 Å². The molecule has 0 saturated carbocycles. The summed E-state index contributed by atoms with van der Waals surface area (Å²) < 4.78 is 3.23. The number of carbonyl (C=O) groups is 1. The first-order valence-corrected chi connectivity index (χ1v) is 12.4. The number of halogens is 1. The van der Waals surface area contributed by atoms with Crippen molar-refractivity contribution in [3.63, 3.8) is 0 Å². The summed E-state index contributed by atoms with van der Waals surface area (Å²) in [5.41, 5.74) is 3.38. The second-order valence-electron chi connectivity index (χ2n) is 9.10. The first-order chi connectivity index (χ1) is 17.5. The topological polar surface area (TPSA) is 68.9 Å². The van der Waals surface area contributed by atoms with Crippen LogP contribution in [-0.2, 0) is 24.3 Å². The third-order valence-electron chi connectivity index (χ3n) is 6.41. The van der Waals surface area contributed by atoms with Crippen molar-refractivity contribution in [1.29, 1.82) is 0 Å². The highest BCUT2D eigenvalue weighted by Crippen LogP contribution is 2.27. The molecule has 5 aromatic rings. The molecule has 2 aromatic heterocycles. The van der Waals surface area contributed by atoms with Gasteiger partial charge >= 0.3 is 0 Å². The van der Waals surface area contributed by atoms with Gasteiger partial charge in [-0.05, 0) is 49.1 Å². The van der Waals surface area contributed by atoms with Crippen LogP contribution in [0.2, 0.25) is 5.02 Å². The number of aromatic nitrogens is 3. The molecule has 0 saturated heterocycles. The Balaban J connectivity index is 1.41. The largest absolute Gasteiger partial charge is 0.352 e. The van der Waals surface area contributed by atoms with Crippen molar-refractivity contribution in [3.05, 3.63) is 112 Å². The molecular formula is C29H27ClN4O2. The molecule has 36 heavy (non-hydrogen) atoms. The van der Waals surface area contributed by atoms with Crippen molar-refractivity contribution in [3.8, 4) is 0 Å². The van der Waals surface area contributed by atoms with Crippen LogP contribution < -0.4 is 10.9 Å². The lowest BCUT2D eigenvalue weighted by atomic mass is 10.1. The van der Waals surface area contributed by atoms with E-state index in [9.17, 15) is 9.59 Å². The van der Waals surface area contributed by atoms with Crippen LogP contribution in [0, 0.1) is 0 Å². The van der Waals surface area contributed by atoms with E-state index in [0.29, 0.717) is 17.1 Å². The van der Waals surface area contributed by atoms with E-state index in [0.717, 1.165) is 34.7 Å². The van der Waals surface area contributed by atoms with E-state index < -0.39 is 0 Å². The molecule has 0 fully saturated rings. The van der Waals surface area contributed by atoms with E-state index in [1.165, 1.54) is 10.2 Å². The second-order valence-corrected chi connectivity index (χ2v) is 9.53. The number of para-hydroxylation sites is 1. The summed E-state index contributed by atoms with van der Waals surface area (Å²) in [5.74, 6) is -0.234. The minimum absolute atomic E-state index is 0.0218. The second kappa shape index (κ2) is 10.4. The van der Waals surface area contributed by atoms with Crippen LogP contribution >= 0.6 is 11.6 Å². The molecule has 0 aliphatic rings. The number of nitrogens with one attached hydrogen (secondary N) is 1. The van der Waals surface area contributed by atoms with Gasteiger partial charge in [-0.25, -0.2) is 4.68 Å². The Kier molecular flexibility index (Phi) is 6.87. The minimum atomic E-state index is -0.294. The van der Waals surface area contributed by atoms with E-state index in [1.54, 1.807) is 6.20 Å². The molecule has 0 aliphatic heterocycles. The maximum Gasteiger partial charge on any atom is 0.291 e. The summed E-state index contributed by atoms with van der Waals surface area (Å²) in [6.07, 6.45) is 3.36. The number of hydrogen-bond donors (Lipinski definition) is 1. The number of carbonyl (C=O) groups excluding carboxylic acids is 1. The van der Waals surface area contributed by atoms with Gasteiger partial charge in [0.1, 0.15) is 12.1 Å². The molecule has 7 heteroatoms. The predicted octanol–water partition coefficient (Wildman–Crippen LogP) is 5.19. The van der Waals surface area contributed by atoms with Crippen molar-refractivity contribution < 1.29 is 4.79 Å². The third kappa shape index (κ3) is 5.04. The molecule has 6 nitrogen and oxygen atoms in total. The molecule has 0 aliphatic carbocycles. The zero-order valence-electron chi connectivity index (χ0n) is 20.0. The van der Waals surface area contributed by atoms with Crippen molar-refractivity contribution in [2.45, 2.75) is 38.9 Å². The Hall–Kier alpha value is -3.90. The van der Waals surface area contributed by atoms with Gasteiger partial charge in [0.15, 0.2) is 0 Å². The highest BCUT2D eigenvalue weighted by molar-refractivity contribution is 6.30. The van der Waals surface area contributed by atoms with Crippen LogP contribution in [0.3, 0.4) is 0 Å². The van der Waals surface area contributed by atoms with Crippen LogP contribution in [0.1, 0.15) is 24.5 Å². The van der Waals surface area contributed by atoms with Crippen LogP contribution in [0.25, 0.3) is 21.8 Å². The number of amides is 1. The van der Waals surface area contributed by atoms with E-state index in [2.05, 4.69) is 22.5 Å². The zero-order valence-corrected chi connectivity index (χ0v) is 20.8. The normalized spacial score (nSPS) is 12.2. The van der Waals surface area contributed by atoms with Crippen LogP contribution in [0.4, 0.5) is 0 Å². The van der Waals surface area contributed by atoms with Crippen molar-refractivity contribution in [2.75, 3.05) is 0 Å². The Morgan fingerprint density at radius 3 is 2.53 bits per heavy atom. The van der Waals surface area contributed by atoms with E-state index in [-0.39, 0.29) is 24.1 Å². The predicted molar refractivity (Wildman–Crippen MR) is 144 cm³/mol. The van der Waals surface area contributed by atoms with Gasteiger partial charge in [0.25, 0.3) is 5.56 Å². The lowest BCUT2D eigenvalue weighted by Crippen LogP contribution is -2.38. The van der Waals surface area contributed by atoms with Crippen LogP contribution in [0.15, 0.2) is 89.9 Å². The fourth-order valence-electron chi connectivity index (χ4n) is 4.64. The standard InChI is InChI=1S/C29H27ClN4O2/c1-20(14-15-21-8-3-2-4-9-21)32-27(35)19-34-29(36)28-25(17-31-34)24-12-5-6-13-26(24)33(28)18-22-10-7-11-23(30)16-22/h2-13,16-17,20H,14-15,18-19H2,1H3,(H,32,35)/t20-/m1/s1. The van der Waals surface area contributed by atoms with Gasteiger partial charge in [0.2, 0.25) is 5.91 Å². The quantitative estimate of drug-likeness (QED) is 0.320. The molecule has 1 N–H and O–H groups in total. The van der Waals surface area contributed by atoms with Crippen molar-refractivity contribution >= 4 is 39.3 Å². The maximum atomic E-state index is 13.6. The zero-order chi connectivity index (χ0) is 25.1. The Morgan fingerprint density at radius 1 is 0.972 bits per heavy atom. The van der Waals surface area contributed by atoms with Crippen LogP contribution in [-0.4, -0.2) is 26.3 Å². The molecule has 3 aromatic carbocycles. The summed E-state index contributed by atoms with van der Waals surface area (Å²) in [6.45, 7) is 2.32. The monoisotopic (exact) mass is 498 g/mol. The highest BCUT2D eigenvalue weighted by Gasteiger charge is 2.18. The van der Waals surface area contributed by atoms with Crippen LogP contribution in [0.5, 0.6) is 0 Å². The maximum absolute atomic E-state index is 13.6. The molecule has 182 valence electrons. The van der Waals surface area contributed by atoms with E-state index >= 15 is 0 Å². The lowest BCUT2D eigenvalue weighted by Gasteiger charge is -2.14. The van der Waals surface area contributed by atoms with Gasteiger partial charge < -0.3 is 9.88 Å². The summed E-state index contributed by atoms with van der Waals surface area (Å²) in [6, 6.07) is 25.6. The fraction of sp³-hybridized carbons (Fsp3) is 0.207. The molecule has 2 heterocycles. The average molecular weight is 499 g/mol. The molecule has 1 atom stereocenters. The Labute approximate surface area is 214 Å². The lowest BCUT2D eigenvalue weighted by molar-refractivity contribution is -0.122. The smallest absolute Gasteiger partial charge is 0.291 e. The van der Waals surface area contributed by atoms with Crippen molar-refractivity contribution in [2.24, 2.45) is 0 Å². The summed E-state index contributed by atoms with van der Waals surface area (Å²) in [7, 11) is 0. The summed E-state index contributed by atoms with van der Waals surface area (Å²) >= 11 is 6.20. The minimum Gasteiger partial charge on any atom is -0.352 e. The third-order valence-corrected chi connectivity index (χ3v) is 6.65. The molecule has 0 bridgehead atoms.